The van der Waals surface area contributed by atoms with Gasteiger partial charge in [0, 0.05) is 19.4 Å². The summed E-state index contributed by atoms with van der Waals surface area (Å²) < 4.78 is 27.4. The highest BCUT2D eigenvalue weighted by atomic mass is 28.4. The van der Waals surface area contributed by atoms with Gasteiger partial charge < -0.3 is 18.3 Å². The van der Waals surface area contributed by atoms with E-state index in [1.807, 2.05) is 0 Å². The summed E-state index contributed by atoms with van der Waals surface area (Å²) in [5.41, 5.74) is -2.10. The van der Waals surface area contributed by atoms with Crippen molar-refractivity contribution in [3.8, 4) is 0 Å². The number of methoxy groups -OCH3 is 1. The molecule has 1 aliphatic rings. The molecule has 1 N–H and O–H groups in total. The van der Waals surface area contributed by atoms with Gasteiger partial charge in [0.15, 0.2) is 22.9 Å². The highest BCUT2D eigenvalue weighted by molar-refractivity contribution is 6.74. The average molecular weight is 513 g/mol. The molecule has 1 aliphatic heterocycles. The minimum absolute atomic E-state index is 0.000335. The van der Waals surface area contributed by atoms with E-state index in [0.717, 1.165) is 0 Å². The SMILES string of the molecule is C=C[C@]1(CO[Si](C)(C)C(C)(C)C)O[C@@H](n2ccc(=O)[nH]c2=O)[C@H](OC)[C@@H]1O[Si](C)(C)C(C)(C)C. The van der Waals surface area contributed by atoms with Crippen molar-refractivity contribution in [1.29, 1.82) is 0 Å². The Kier molecular flexibility index (Phi) is 8.19. The van der Waals surface area contributed by atoms with E-state index in [9.17, 15) is 9.59 Å². The van der Waals surface area contributed by atoms with Crippen molar-refractivity contribution in [3.63, 3.8) is 0 Å². The van der Waals surface area contributed by atoms with Gasteiger partial charge in [-0.3, -0.25) is 14.3 Å². The van der Waals surface area contributed by atoms with Crippen LogP contribution in [0.3, 0.4) is 0 Å². The van der Waals surface area contributed by atoms with E-state index in [4.69, 9.17) is 18.3 Å². The molecule has 0 amide bonds. The topological polar surface area (TPSA) is 91.8 Å². The van der Waals surface area contributed by atoms with Gasteiger partial charge in [0.2, 0.25) is 0 Å². The van der Waals surface area contributed by atoms with Crippen LogP contribution in [0.2, 0.25) is 36.3 Å². The van der Waals surface area contributed by atoms with Gasteiger partial charge in [-0.2, -0.15) is 0 Å². The van der Waals surface area contributed by atoms with E-state index in [1.165, 1.54) is 16.8 Å². The van der Waals surface area contributed by atoms with Crippen molar-refractivity contribution in [3.05, 3.63) is 45.8 Å². The Hall–Kier alpha value is -1.31. The van der Waals surface area contributed by atoms with Gasteiger partial charge in [0.25, 0.3) is 5.56 Å². The number of ether oxygens (including phenoxy) is 2. The lowest BCUT2D eigenvalue weighted by atomic mass is 9.96. The number of nitrogens with zero attached hydrogens (tertiary/aromatic N) is 1. The molecule has 34 heavy (non-hydrogen) atoms. The molecular weight excluding hydrogens is 468 g/mol. The van der Waals surface area contributed by atoms with Crippen LogP contribution in [0.4, 0.5) is 0 Å². The third-order valence-corrected chi connectivity index (χ3v) is 16.8. The van der Waals surface area contributed by atoms with Crippen LogP contribution in [0.15, 0.2) is 34.5 Å². The van der Waals surface area contributed by atoms with E-state index in [1.54, 1.807) is 13.2 Å². The Bertz CT molecular complexity index is 989. The zero-order valence-electron chi connectivity index (χ0n) is 22.8. The number of hydrogen-bond acceptors (Lipinski definition) is 6. The molecule has 1 aromatic rings. The van der Waals surface area contributed by atoms with Gasteiger partial charge >= 0.3 is 5.69 Å². The minimum atomic E-state index is -2.29. The maximum absolute atomic E-state index is 12.7. The molecule has 1 saturated heterocycles. The van der Waals surface area contributed by atoms with Gasteiger partial charge in [-0.1, -0.05) is 47.6 Å². The summed E-state index contributed by atoms with van der Waals surface area (Å²) >= 11 is 0. The molecule has 10 heteroatoms. The van der Waals surface area contributed by atoms with Gasteiger partial charge in [-0.05, 0) is 36.3 Å². The first-order valence-corrected chi connectivity index (χ1v) is 17.6. The smallest absolute Gasteiger partial charge is 0.330 e. The first-order chi connectivity index (χ1) is 15.3. The molecular formula is C24H44N2O6Si2. The molecule has 0 bridgehead atoms. The molecule has 194 valence electrons. The molecule has 1 aromatic heterocycles. The fraction of sp³-hybridized carbons (Fsp3) is 0.750. The van der Waals surface area contributed by atoms with Crippen molar-refractivity contribution in [2.75, 3.05) is 13.7 Å². The summed E-state index contributed by atoms with van der Waals surface area (Å²) in [7, 11) is -2.86. The quantitative estimate of drug-likeness (QED) is 0.410. The molecule has 8 nitrogen and oxygen atoms in total. The van der Waals surface area contributed by atoms with Crippen molar-refractivity contribution in [2.24, 2.45) is 0 Å². The van der Waals surface area contributed by atoms with Crippen LogP contribution in [0.25, 0.3) is 0 Å². The first kappa shape index (κ1) is 28.9. The second-order valence-corrected chi connectivity index (χ2v) is 21.8. The lowest BCUT2D eigenvalue weighted by Gasteiger charge is -2.44. The number of hydrogen-bond donors (Lipinski definition) is 1. The van der Waals surface area contributed by atoms with Crippen LogP contribution in [-0.4, -0.2) is 57.7 Å². The van der Waals surface area contributed by atoms with Gasteiger partial charge in [0.1, 0.15) is 17.8 Å². The minimum Gasteiger partial charge on any atom is -0.413 e. The number of H-pyrrole nitrogens is 1. The van der Waals surface area contributed by atoms with E-state index < -0.39 is 51.9 Å². The number of aromatic amines is 1. The summed E-state index contributed by atoms with van der Waals surface area (Å²) in [6, 6.07) is 1.29. The largest absolute Gasteiger partial charge is 0.413 e. The molecule has 0 aromatic carbocycles. The molecule has 0 saturated carbocycles. The zero-order chi connectivity index (χ0) is 26.3. The van der Waals surface area contributed by atoms with Crippen LogP contribution in [0.5, 0.6) is 0 Å². The zero-order valence-corrected chi connectivity index (χ0v) is 24.8. The number of aromatic nitrogens is 2. The Labute approximate surface area is 205 Å². The van der Waals surface area contributed by atoms with Crippen molar-refractivity contribution >= 4 is 16.6 Å². The van der Waals surface area contributed by atoms with Gasteiger partial charge in [0.05, 0.1) is 6.61 Å². The van der Waals surface area contributed by atoms with Crippen molar-refractivity contribution < 1.29 is 18.3 Å². The lowest BCUT2D eigenvalue weighted by molar-refractivity contribution is -0.0966. The summed E-state index contributed by atoms with van der Waals surface area (Å²) in [4.78, 5) is 26.6. The second-order valence-electron chi connectivity index (χ2n) is 12.2. The summed E-state index contributed by atoms with van der Waals surface area (Å²) in [6.45, 7) is 26.1. The van der Waals surface area contributed by atoms with Crippen molar-refractivity contribution in [2.45, 2.75) is 102 Å². The fourth-order valence-electron chi connectivity index (χ4n) is 3.38. The number of rotatable bonds is 8. The maximum atomic E-state index is 12.7. The van der Waals surface area contributed by atoms with Crippen LogP contribution >= 0.6 is 0 Å². The van der Waals surface area contributed by atoms with E-state index in [0.29, 0.717) is 0 Å². The molecule has 0 aliphatic carbocycles. The molecule has 2 rings (SSSR count). The summed E-state index contributed by atoms with van der Waals surface area (Å²) in [5, 5.41) is -0.0644. The Morgan fingerprint density at radius 1 is 1.12 bits per heavy atom. The standard InChI is InChI=1S/C24H44N2O6Si2/c1-13-24(16-30-33(9,10)22(2,3)4)19(32-34(11,12)23(5,6)7)18(29-8)20(31-24)26-15-14-17(27)25-21(26)28/h13-15,18-20H,1,16H2,2-12H3,(H,25,27,28)/t18-,19+,20-,24-/m1/s1. The van der Waals surface area contributed by atoms with Crippen LogP contribution in [-0.2, 0) is 18.3 Å². The lowest BCUT2D eigenvalue weighted by Crippen LogP contribution is -2.56. The molecule has 2 heterocycles. The van der Waals surface area contributed by atoms with Crippen LogP contribution in [0.1, 0.15) is 47.8 Å². The molecule has 0 radical (unpaired) electrons. The number of nitrogens with one attached hydrogen (secondary N) is 1. The van der Waals surface area contributed by atoms with Gasteiger partial charge in [-0.25, -0.2) is 4.79 Å². The highest BCUT2D eigenvalue weighted by Crippen LogP contribution is 2.47. The first-order valence-electron chi connectivity index (χ1n) is 11.8. The van der Waals surface area contributed by atoms with Gasteiger partial charge in [-0.15, -0.1) is 6.58 Å². The average Bonchev–Trinajstić information content (AvgIpc) is 2.97. The second kappa shape index (κ2) is 9.63. The molecule has 4 atom stereocenters. The predicted molar refractivity (Wildman–Crippen MR) is 140 cm³/mol. The fourth-order valence-corrected chi connectivity index (χ4v) is 5.72. The third-order valence-electron chi connectivity index (χ3n) is 7.84. The monoisotopic (exact) mass is 512 g/mol. The summed E-state index contributed by atoms with van der Waals surface area (Å²) in [6.07, 6.45) is 1.13. The van der Waals surface area contributed by atoms with E-state index in [-0.39, 0.29) is 16.7 Å². The third kappa shape index (κ3) is 5.57. The maximum Gasteiger partial charge on any atom is 0.330 e. The highest BCUT2D eigenvalue weighted by Gasteiger charge is 2.59. The molecule has 0 unspecified atom stereocenters. The predicted octanol–water partition coefficient (Wildman–Crippen LogP) is 4.42. The summed E-state index contributed by atoms with van der Waals surface area (Å²) in [5.74, 6) is 0. The molecule has 0 spiro atoms. The Morgan fingerprint density at radius 2 is 1.68 bits per heavy atom. The van der Waals surface area contributed by atoms with E-state index >= 15 is 0 Å². The van der Waals surface area contributed by atoms with E-state index in [2.05, 4.69) is 79.3 Å². The van der Waals surface area contributed by atoms with Crippen molar-refractivity contribution in [1.82, 2.24) is 9.55 Å². The van der Waals surface area contributed by atoms with Crippen LogP contribution < -0.4 is 11.2 Å². The Balaban J connectivity index is 2.61. The molecule has 1 fully saturated rings. The normalized spacial score (nSPS) is 26.6. The van der Waals surface area contributed by atoms with Crippen LogP contribution in [0, 0.1) is 0 Å². The Morgan fingerprint density at radius 3 is 2.12 bits per heavy atom.